The number of aliphatic hydroxyl groups excluding tert-OH is 1. The minimum absolute atomic E-state index is 0.00926. The molecule has 0 saturated carbocycles. The number of likely N-dealkylation sites (tertiary alicyclic amines) is 1. The van der Waals surface area contributed by atoms with Crippen LogP contribution < -0.4 is 0 Å². The van der Waals surface area contributed by atoms with Crippen molar-refractivity contribution in [3.05, 3.63) is 0 Å². The Labute approximate surface area is 84.1 Å². The van der Waals surface area contributed by atoms with Crippen LogP contribution in [-0.2, 0) is 4.79 Å². The first-order valence-electron chi connectivity index (χ1n) is 5.03. The average Bonchev–Trinajstić information content (AvgIpc) is 2.20. The maximum Gasteiger partial charge on any atom is 0.236 e. The van der Waals surface area contributed by atoms with E-state index in [0.29, 0.717) is 5.92 Å². The van der Waals surface area contributed by atoms with E-state index in [9.17, 15) is 4.79 Å². The third kappa shape index (κ3) is 3.00. The lowest BCUT2D eigenvalue weighted by molar-refractivity contribution is -0.131. The smallest absolute Gasteiger partial charge is 0.236 e. The van der Waals surface area contributed by atoms with Crippen LogP contribution in [0, 0.1) is 17.2 Å². The number of nitrogens with zero attached hydrogens (tertiary/aromatic N) is 2. The molecule has 1 saturated heterocycles. The lowest BCUT2D eigenvalue weighted by Crippen LogP contribution is -2.38. The van der Waals surface area contributed by atoms with Gasteiger partial charge in [-0.15, -0.1) is 0 Å². The van der Waals surface area contributed by atoms with Crippen molar-refractivity contribution in [3.8, 4) is 6.07 Å². The van der Waals surface area contributed by atoms with Crippen molar-refractivity contribution in [2.24, 2.45) is 5.92 Å². The summed E-state index contributed by atoms with van der Waals surface area (Å²) in [5, 5.41) is 17.1. The summed E-state index contributed by atoms with van der Waals surface area (Å²) in [7, 11) is 0. The summed E-state index contributed by atoms with van der Waals surface area (Å²) in [4.78, 5) is 13.1. The Morgan fingerprint density at radius 3 is 2.64 bits per heavy atom. The second kappa shape index (κ2) is 5.61. The second-order valence-electron chi connectivity index (χ2n) is 3.67. The zero-order valence-electron chi connectivity index (χ0n) is 8.28. The van der Waals surface area contributed by atoms with Gasteiger partial charge in [-0.25, -0.2) is 0 Å². The van der Waals surface area contributed by atoms with E-state index in [1.807, 2.05) is 6.07 Å². The molecule has 1 rings (SSSR count). The topological polar surface area (TPSA) is 64.3 Å². The van der Waals surface area contributed by atoms with Gasteiger partial charge in [0.2, 0.25) is 5.91 Å². The number of hydrogen-bond donors (Lipinski definition) is 1. The highest BCUT2D eigenvalue weighted by molar-refractivity contribution is 5.78. The Morgan fingerprint density at radius 1 is 1.50 bits per heavy atom. The maximum atomic E-state index is 11.3. The lowest BCUT2D eigenvalue weighted by Gasteiger charge is -2.31. The molecule has 0 spiro atoms. The first kappa shape index (κ1) is 11.0. The number of carbonyl (C=O) groups excluding carboxylic acids is 1. The molecular weight excluding hydrogens is 180 g/mol. The minimum atomic E-state index is -0.0602. The molecule has 0 aromatic rings. The van der Waals surface area contributed by atoms with Gasteiger partial charge >= 0.3 is 0 Å². The standard InChI is InChI=1S/C10H16N2O2/c11-5-1-10(14)12-6-2-9(3-7-12)4-8-13/h9,13H,1-4,6-8H2. The Kier molecular flexibility index (Phi) is 4.41. The van der Waals surface area contributed by atoms with Crippen LogP contribution >= 0.6 is 0 Å². The third-order valence-electron chi connectivity index (χ3n) is 2.73. The number of nitriles is 1. The summed E-state index contributed by atoms with van der Waals surface area (Å²) < 4.78 is 0. The van der Waals surface area contributed by atoms with E-state index in [0.717, 1.165) is 32.4 Å². The van der Waals surface area contributed by atoms with Gasteiger partial charge in [-0.1, -0.05) is 0 Å². The Balaban J connectivity index is 2.29. The summed E-state index contributed by atoms with van der Waals surface area (Å²) in [6.45, 7) is 1.72. The number of aliphatic hydroxyl groups is 1. The number of carbonyl (C=O) groups is 1. The lowest BCUT2D eigenvalue weighted by atomic mass is 9.94. The maximum absolute atomic E-state index is 11.3. The highest BCUT2D eigenvalue weighted by atomic mass is 16.3. The molecule has 1 fully saturated rings. The van der Waals surface area contributed by atoms with Crippen LogP contribution in [0.15, 0.2) is 0 Å². The monoisotopic (exact) mass is 196 g/mol. The van der Waals surface area contributed by atoms with Gasteiger partial charge in [0.05, 0.1) is 6.07 Å². The molecule has 1 heterocycles. The zero-order valence-corrected chi connectivity index (χ0v) is 8.28. The first-order chi connectivity index (χ1) is 6.77. The van der Waals surface area contributed by atoms with Crippen molar-refractivity contribution in [1.82, 2.24) is 4.90 Å². The van der Waals surface area contributed by atoms with E-state index < -0.39 is 0 Å². The van der Waals surface area contributed by atoms with Crippen LogP contribution in [0.1, 0.15) is 25.7 Å². The number of hydrogen-bond acceptors (Lipinski definition) is 3. The molecule has 0 atom stereocenters. The molecular formula is C10H16N2O2. The zero-order chi connectivity index (χ0) is 10.4. The van der Waals surface area contributed by atoms with Gasteiger partial charge in [-0.2, -0.15) is 5.26 Å². The molecule has 0 aromatic carbocycles. The van der Waals surface area contributed by atoms with Gasteiger partial charge in [-0.3, -0.25) is 4.79 Å². The summed E-state index contributed by atoms with van der Waals surface area (Å²) >= 11 is 0. The van der Waals surface area contributed by atoms with Gasteiger partial charge in [-0.05, 0) is 25.2 Å². The predicted molar refractivity (Wildman–Crippen MR) is 51.2 cm³/mol. The molecule has 4 heteroatoms. The Bertz CT molecular complexity index is 227. The summed E-state index contributed by atoms with van der Waals surface area (Å²) in [6, 6.07) is 1.87. The van der Waals surface area contributed by atoms with E-state index >= 15 is 0 Å². The number of piperidine rings is 1. The van der Waals surface area contributed by atoms with Crippen LogP contribution in [0.4, 0.5) is 0 Å². The molecule has 0 aliphatic carbocycles. The fourth-order valence-electron chi connectivity index (χ4n) is 1.83. The predicted octanol–water partition coefficient (Wildman–Crippen LogP) is 0.521. The quantitative estimate of drug-likeness (QED) is 0.715. The fourth-order valence-corrected chi connectivity index (χ4v) is 1.83. The molecule has 1 amide bonds. The van der Waals surface area contributed by atoms with Crippen molar-refractivity contribution in [3.63, 3.8) is 0 Å². The average molecular weight is 196 g/mol. The Morgan fingerprint density at radius 2 is 2.14 bits per heavy atom. The summed E-state index contributed by atoms with van der Waals surface area (Å²) in [6.07, 6.45) is 2.74. The van der Waals surface area contributed by atoms with Crippen molar-refractivity contribution >= 4 is 5.91 Å². The molecule has 0 aromatic heterocycles. The number of rotatable bonds is 3. The molecule has 4 nitrogen and oxygen atoms in total. The second-order valence-corrected chi connectivity index (χ2v) is 3.67. The molecule has 1 N–H and O–H groups in total. The Hall–Kier alpha value is -1.08. The van der Waals surface area contributed by atoms with Crippen molar-refractivity contribution in [1.29, 1.82) is 5.26 Å². The van der Waals surface area contributed by atoms with Gasteiger partial charge in [0, 0.05) is 19.7 Å². The van der Waals surface area contributed by atoms with Gasteiger partial charge in [0.1, 0.15) is 6.42 Å². The van der Waals surface area contributed by atoms with Crippen LogP contribution in [0.2, 0.25) is 0 Å². The van der Waals surface area contributed by atoms with E-state index in [-0.39, 0.29) is 18.9 Å². The SMILES string of the molecule is N#CCC(=O)N1CCC(CCO)CC1. The summed E-state index contributed by atoms with van der Waals surface area (Å²) in [5.41, 5.74) is 0. The first-order valence-corrected chi connectivity index (χ1v) is 5.03. The van der Waals surface area contributed by atoms with Gasteiger partial charge < -0.3 is 10.0 Å². The highest BCUT2D eigenvalue weighted by Gasteiger charge is 2.21. The van der Waals surface area contributed by atoms with E-state index in [1.165, 1.54) is 0 Å². The van der Waals surface area contributed by atoms with Gasteiger partial charge in [0.15, 0.2) is 0 Å². The van der Waals surface area contributed by atoms with Crippen LogP contribution in [-0.4, -0.2) is 35.6 Å². The van der Waals surface area contributed by atoms with Crippen molar-refractivity contribution < 1.29 is 9.90 Å². The van der Waals surface area contributed by atoms with Gasteiger partial charge in [0.25, 0.3) is 0 Å². The molecule has 78 valence electrons. The molecule has 0 bridgehead atoms. The van der Waals surface area contributed by atoms with E-state index in [4.69, 9.17) is 10.4 Å². The van der Waals surface area contributed by atoms with Crippen molar-refractivity contribution in [2.75, 3.05) is 19.7 Å². The normalized spacial score (nSPS) is 17.9. The molecule has 1 aliphatic heterocycles. The molecule has 1 aliphatic rings. The highest BCUT2D eigenvalue weighted by Crippen LogP contribution is 2.20. The molecule has 0 unspecified atom stereocenters. The largest absolute Gasteiger partial charge is 0.396 e. The third-order valence-corrected chi connectivity index (χ3v) is 2.73. The minimum Gasteiger partial charge on any atom is -0.396 e. The molecule has 0 radical (unpaired) electrons. The number of amides is 1. The van der Waals surface area contributed by atoms with E-state index in [1.54, 1.807) is 4.90 Å². The molecule has 14 heavy (non-hydrogen) atoms. The summed E-state index contributed by atoms with van der Waals surface area (Å²) in [5.74, 6) is 0.487. The van der Waals surface area contributed by atoms with E-state index in [2.05, 4.69) is 0 Å². The van der Waals surface area contributed by atoms with Crippen LogP contribution in [0.3, 0.4) is 0 Å². The van der Waals surface area contributed by atoms with Crippen LogP contribution in [0.5, 0.6) is 0 Å². The fraction of sp³-hybridized carbons (Fsp3) is 0.800. The van der Waals surface area contributed by atoms with Crippen LogP contribution in [0.25, 0.3) is 0 Å². The van der Waals surface area contributed by atoms with Crippen molar-refractivity contribution in [2.45, 2.75) is 25.7 Å².